The third-order valence-electron chi connectivity index (χ3n) is 1.30. The van der Waals surface area contributed by atoms with Crippen molar-refractivity contribution in [1.82, 2.24) is 0 Å². The number of carboxylic acid groups (broad SMARTS) is 2. The minimum Gasteiger partial charge on any atom is -0.479 e. The summed E-state index contributed by atoms with van der Waals surface area (Å²) >= 11 is 0. The number of carboxylic acids is 2. The molecule has 6 N–H and O–H groups in total. The maximum atomic E-state index is 10.3. The van der Waals surface area contributed by atoms with Gasteiger partial charge in [-0.05, 0) is 13.0 Å². The van der Waals surface area contributed by atoms with Crippen LogP contribution in [0.1, 0.15) is 6.42 Å². The Morgan fingerprint density at radius 3 is 1.73 bits per heavy atom. The molecule has 0 saturated heterocycles. The molecule has 0 atom stereocenters. The summed E-state index contributed by atoms with van der Waals surface area (Å²) in [6.07, 6.45) is -0.280. The van der Waals surface area contributed by atoms with Crippen LogP contribution in [-0.4, -0.2) is 34.2 Å². The number of rotatable bonds is 4. The van der Waals surface area contributed by atoms with Crippen molar-refractivity contribution in [3.8, 4) is 0 Å². The van der Waals surface area contributed by atoms with Crippen LogP contribution in [0.4, 0.5) is 0 Å². The van der Waals surface area contributed by atoms with E-state index in [-0.39, 0.29) is 13.0 Å². The average Bonchev–Trinajstić information content (AvgIpc) is 1.87. The van der Waals surface area contributed by atoms with E-state index in [4.69, 9.17) is 21.7 Å². The van der Waals surface area contributed by atoms with Gasteiger partial charge in [0.05, 0.1) is 0 Å². The maximum absolute atomic E-state index is 10.3. The van der Waals surface area contributed by atoms with Crippen LogP contribution in [-0.2, 0) is 9.59 Å². The summed E-state index contributed by atoms with van der Waals surface area (Å²) < 4.78 is 0. The number of hydrogen-bond donors (Lipinski definition) is 4. The molecule has 0 aliphatic rings. The molecule has 0 rings (SSSR count). The first-order valence-corrected chi connectivity index (χ1v) is 2.91. The Labute approximate surface area is 62.8 Å². The molecule has 0 heterocycles. The molecule has 0 bridgehead atoms. The summed E-state index contributed by atoms with van der Waals surface area (Å²) in [6.45, 7) is -0.0743. The Kier molecular flexibility index (Phi) is 2.97. The largest absolute Gasteiger partial charge is 0.479 e. The highest BCUT2D eigenvalue weighted by molar-refractivity contribution is 6.02. The van der Waals surface area contributed by atoms with E-state index in [1.54, 1.807) is 0 Å². The Bertz CT molecular complexity index is 165. The molecule has 6 heteroatoms. The van der Waals surface area contributed by atoms with Gasteiger partial charge in [0, 0.05) is 0 Å². The van der Waals surface area contributed by atoms with Crippen LogP contribution >= 0.6 is 0 Å². The van der Waals surface area contributed by atoms with Gasteiger partial charge >= 0.3 is 11.9 Å². The van der Waals surface area contributed by atoms with Gasteiger partial charge in [0.1, 0.15) is 0 Å². The predicted octanol–water partition coefficient (Wildman–Crippen LogP) is -1.80. The van der Waals surface area contributed by atoms with E-state index in [2.05, 4.69) is 0 Å². The molecule has 0 aromatic heterocycles. The third-order valence-corrected chi connectivity index (χ3v) is 1.30. The number of nitrogens with two attached hydrogens (primary N) is 2. The van der Waals surface area contributed by atoms with Gasteiger partial charge in [-0.1, -0.05) is 0 Å². The molecule has 0 amide bonds. The van der Waals surface area contributed by atoms with E-state index in [1.807, 2.05) is 0 Å². The van der Waals surface area contributed by atoms with Crippen LogP contribution in [0.5, 0.6) is 0 Å². The van der Waals surface area contributed by atoms with Crippen molar-refractivity contribution in [2.75, 3.05) is 6.54 Å². The number of carbonyl (C=O) groups is 2. The zero-order valence-corrected chi connectivity index (χ0v) is 5.78. The van der Waals surface area contributed by atoms with Crippen LogP contribution < -0.4 is 11.5 Å². The molecule has 0 aromatic carbocycles. The Balaban J connectivity index is 4.52. The average molecular weight is 162 g/mol. The Hall–Kier alpha value is -1.14. The molecule has 0 spiro atoms. The summed E-state index contributed by atoms with van der Waals surface area (Å²) in [5, 5.41) is 16.7. The van der Waals surface area contributed by atoms with E-state index in [0.29, 0.717) is 0 Å². The summed E-state index contributed by atoms with van der Waals surface area (Å²) in [7, 11) is 0. The van der Waals surface area contributed by atoms with Crippen molar-refractivity contribution in [3.05, 3.63) is 0 Å². The lowest BCUT2D eigenvalue weighted by molar-refractivity contribution is -0.157. The van der Waals surface area contributed by atoms with Crippen LogP contribution in [0.2, 0.25) is 0 Å². The smallest absolute Gasteiger partial charge is 0.335 e. The molecule has 0 aliphatic heterocycles. The van der Waals surface area contributed by atoms with E-state index in [1.165, 1.54) is 0 Å². The van der Waals surface area contributed by atoms with Gasteiger partial charge in [0.15, 0.2) is 0 Å². The van der Waals surface area contributed by atoms with Gasteiger partial charge in [-0.15, -0.1) is 0 Å². The first kappa shape index (κ1) is 9.86. The van der Waals surface area contributed by atoms with E-state index in [0.717, 1.165) is 0 Å². The molecule has 11 heavy (non-hydrogen) atoms. The minimum atomic E-state index is -2.24. The second-order valence-electron chi connectivity index (χ2n) is 2.12. The quantitative estimate of drug-likeness (QED) is 0.361. The second-order valence-corrected chi connectivity index (χ2v) is 2.12. The van der Waals surface area contributed by atoms with E-state index >= 15 is 0 Å². The SMILES string of the molecule is NCCC(N)(C(=O)O)C(=O)O. The van der Waals surface area contributed by atoms with Crippen molar-refractivity contribution in [1.29, 1.82) is 0 Å². The second kappa shape index (κ2) is 3.31. The standard InChI is InChI=1S/C5H10N2O4/c6-2-1-5(7,3(8)9)4(10)11/h1-2,6-7H2,(H,8,9)(H,10,11). The van der Waals surface area contributed by atoms with Gasteiger partial charge in [-0.2, -0.15) is 0 Å². The highest BCUT2D eigenvalue weighted by Gasteiger charge is 2.41. The fourth-order valence-electron chi connectivity index (χ4n) is 0.533. The van der Waals surface area contributed by atoms with Crippen molar-refractivity contribution in [3.63, 3.8) is 0 Å². The van der Waals surface area contributed by atoms with Gasteiger partial charge in [0.25, 0.3) is 0 Å². The lowest BCUT2D eigenvalue weighted by Gasteiger charge is -2.17. The number of hydrogen-bond acceptors (Lipinski definition) is 4. The highest BCUT2D eigenvalue weighted by atomic mass is 16.4. The third kappa shape index (κ3) is 1.89. The van der Waals surface area contributed by atoms with E-state index < -0.39 is 17.5 Å². The molecular formula is C5H10N2O4. The molecule has 0 radical (unpaired) electrons. The lowest BCUT2D eigenvalue weighted by atomic mass is 9.97. The van der Waals surface area contributed by atoms with Crippen molar-refractivity contribution in [2.45, 2.75) is 12.0 Å². The summed E-state index contributed by atoms with van der Waals surface area (Å²) in [4.78, 5) is 20.6. The Morgan fingerprint density at radius 2 is 1.64 bits per heavy atom. The van der Waals surface area contributed by atoms with Crippen LogP contribution in [0.3, 0.4) is 0 Å². The van der Waals surface area contributed by atoms with Gasteiger partial charge < -0.3 is 21.7 Å². The fraction of sp³-hybridized carbons (Fsp3) is 0.600. The normalized spacial score (nSPS) is 11.1. The lowest BCUT2D eigenvalue weighted by Crippen LogP contribution is -2.56. The van der Waals surface area contributed by atoms with Gasteiger partial charge in [-0.3, -0.25) is 0 Å². The first-order chi connectivity index (χ1) is 4.95. The molecule has 64 valence electrons. The predicted molar refractivity (Wildman–Crippen MR) is 35.9 cm³/mol. The topological polar surface area (TPSA) is 127 Å². The number of aliphatic carboxylic acids is 2. The summed E-state index contributed by atoms with van der Waals surface area (Å²) in [5.41, 5.74) is 7.76. The van der Waals surface area contributed by atoms with Gasteiger partial charge in [0.2, 0.25) is 5.54 Å². The van der Waals surface area contributed by atoms with Crippen LogP contribution in [0.15, 0.2) is 0 Å². The Morgan fingerprint density at radius 1 is 1.27 bits per heavy atom. The summed E-state index contributed by atoms with van der Waals surface area (Å²) in [5.74, 6) is -3.15. The molecule has 0 saturated carbocycles. The molecule has 6 nitrogen and oxygen atoms in total. The van der Waals surface area contributed by atoms with E-state index in [9.17, 15) is 9.59 Å². The fourth-order valence-corrected chi connectivity index (χ4v) is 0.533. The molecule has 0 aromatic rings. The van der Waals surface area contributed by atoms with Crippen LogP contribution in [0.25, 0.3) is 0 Å². The molecule has 0 unspecified atom stereocenters. The first-order valence-electron chi connectivity index (χ1n) is 2.91. The minimum absolute atomic E-state index is 0.0743. The highest BCUT2D eigenvalue weighted by Crippen LogP contribution is 2.05. The van der Waals surface area contributed by atoms with Crippen molar-refractivity contribution in [2.24, 2.45) is 11.5 Å². The molecule has 0 aliphatic carbocycles. The van der Waals surface area contributed by atoms with Gasteiger partial charge in [-0.25, -0.2) is 9.59 Å². The monoisotopic (exact) mass is 162 g/mol. The summed E-state index contributed by atoms with van der Waals surface area (Å²) in [6, 6.07) is 0. The zero-order valence-electron chi connectivity index (χ0n) is 5.78. The zero-order chi connectivity index (χ0) is 9.07. The van der Waals surface area contributed by atoms with Crippen molar-refractivity contribution >= 4 is 11.9 Å². The molecule has 0 fully saturated rings. The van der Waals surface area contributed by atoms with Crippen LogP contribution in [0, 0.1) is 0 Å². The maximum Gasteiger partial charge on any atom is 0.335 e. The van der Waals surface area contributed by atoms with Crippen molar-refractivity contribution < 1.29 is 19.8 Å². The molecular weight excluding hydrogens is 152 g/mol.